The molecule has 4 nitrogen and oxygen atoms in total. The first kappa shape index (κ1) is 19.5. The molecule has 0 saturated heterocycles. The Kier molecular flexibility index (Phi) is 6.91. The molecule has 0 heterocycles. The summed E-state index contributed by atoms with van der Waals surface area (Å²) >= 11 is 5.38. The molecule has 0 spiro atoms. The van der Waals surface area contributed by atoms with Crippen molar-refractivity contribution in [2.24, 2.45) is 0 Å². The van der Waals surface area contributed by atoms with Crippen LogP contribution in [-0.2, 0) is 26.8 Å². The van der Waals surface area contributed by atoms with Crippen LogP contribution >= 0.6 is 19.8 Å². The Morgan fingerprint density at radius 1 is 0.741 bits per heavy atom. The second-order valence-corrected chi connectivity index (χ2v) is 8.48. The summed E-state index contributed by atoms with van der Waals surface area (Å²) < 4.78 is 24.9. The minimum Gasteiger partial charge on any atom is -0.340 e. The van der Waals surface area contributed by atoms with Crippen molar-refractivity contribution in [1.29, 1.82) is 0 Å². The standard InChI is InChI=1S/C21H20NO3PS/c23-26(24-16-18-10-4-1-5-11-18,25-17-19-12-6-2-7-13-19)21(27)22-20-14-8-3-9-15-20/h1-15H,16-17H2,(H,22,27). The first-order valence-corrected chi connectivity index (χ1v) is 10.4. The topological polar surface area (TPSA) is 47.6 Å². The third-order valence-electron chi connectivity index (χ3n) is 3.76. The van der Waals surface area contributed by atoms with Crippen LogP contribution in [0.25, 0.3) is 0 Å². The van der Waals surface area contributed by atoms with Crippen LogP contribution in [0, 0.1) is 0 Å². The van der Waals surface area contributed by atoms with Crippen LogP contribution in [0.15, 0.2) is 91.0 Å². The van der Waals surface area contributed by atoms with Crippen molar-refractivity contribution >= 4 is 30.2 Å². The van der Waals surface area contributed by atoms with Crippen LogP contribution in [0.2, 0.25) is 0 Å². The lowest BCUT2D eigenvalue weighted by molar-refractivity contribution is 0.203. The Morgan fingerprint density at radius 3 is 1.59 bits per heavy atom. The van der Waals surface area contributed by atoms with Gasteiger partial charge in [0.25, 0.3) is 0 Å². The minimum absolute atomic E-state index is 0.0422. The zero-order valence-electron chi connectivity index (χ0n) is 14.7. The van der Waals surface area contributed by atoms with Crippen molar-refractivity contribution in [2.75, 3.05) is 5.32 Å². The maximum Gasteiger partial charge on any atom is 0.389 e. The molecule has 3 rings (SSSR count). The Labute approximate surface area is 164 Å². The van der Waals surface area contributed by atoms with E-state index in [0.717, 1.165) is 16.8 Å². The smallest absolute Gasteiger partial charge is 0.340 e. The first-order chi connectivity index (χ1) is 13.2. The summed E-state index contributed by atoms with van der Waals surface area (Å²) in [6.45, 7) is 0.285. The SMILES string of the molecule is O=P(OCc1ccccc1)(OCc1ccccc1)C(=S)Nc1ccccc1. The number of anilines is 1. The summed E-state index contributed by atoms with van der Waals surface area (Å²) in [6, 6.07) is 28.3. The molecule has 0 aliphatic heterocycles. The van der Waals surface area contributed by atoms with Crippen molar-refractivity contribution in [3.05, 3.63) is 102 Å². The Morgan fingerprint density at radius 2 is 1.15 bits per heavy atom. The molecular formula is C21H20NO3PS. The van der Waals surface area contributed by atoms with Crippen LogP contribution in [0.4, 0.5) is 5.69 Å². The van der Waals surface area contributed by atoms with E-state index in [1.807, 2.05) is 91.0 Å². The molecule has 6 heteroatoms. The van der Waals surface area contributed by atoms with E-state index >= 15 is 0 Å². The van der Waals surface area contributed by atoms with Crippen LogP contribution in [0.3, 0.4) is 0 Å². The van der Waals surface area contributed by atoms with Gasteiger partial charge in [-0.05, 0) is 23.3 Å². The first-order valence-electron chi connectivity index (χ1n) is 8.49. The average molecular weight is 397 g/mol. The highest BCUT2D eigenvalue weighted by molar-refractivity contribution is 7.98. The largest absolute Gasteiger partial charge is 0.389 e. The molecular weight excluding hydrogens is 377 g/mol. The summed E-state index contributed by atoms with van der Waals surface area (Å²) in [5.41, 5.74) is 2.52. The highest BCUT2D eigenvalue weighted by Crippen LogP contribution is 2.51. The minimum atomic E-state index is -3.69. The zero-order chi connectivity index (χ0) is 19.0. The molecule has 3 aromatic carbocycles. The molecule has 0 fully saturated rings. The predicted octanol–water partition coefficient (Wildman–Crippen LogP) is 6.01. The van der Waals surface area contributed by atoms with Gasteiger partial charge in [-0.1, -0.05) is 91.1 Å². The highest BCUT2D eigenvalue weighted by atomic mass is 32.1. The molecule has 27 heavy (non-hydrogen) atoms. The van der Waals surface area contributed by atoms with Gasteiger partial charge in [-0.3, -0.25) is 13.6 Å². The molecule has 1 N–H and O–H groups in total. The molecule has 0 bridgehead atoms. The van der Waals surface area contributed by atoms with Gasteiger partial charge in [0, 0.05) is 5.69 Å². The van der Waals surface area contributed by atoms with Gasteiger partial charge in [0.15, 0.2) is 4.73 Å². The quantitative estimate of drug-likeness (QED) is 0.373. The van der Waals surface area contributed by atoms with Crippen molar-refractivity contribution in [2.45, 2.75) is 13.2 Å². The number of nitrogens with one attached hydrogen (secondary N) is 1. The highest BCUT2D eigenvalue weighted by Gasteiger charge is 2.31. The summed E-state index contributed by atoms with van der Waals surface area (Å²) in [5, 5.41) is 2.97. The van der Waals surface area contributed by atoms with E-state index in [9.17, 15) is 4.57 Å². The fourth-order valence-electron chi connectivity index (χ4n) is 2.34. The third-order valence-corrected chi connectivity index (χ3v) is 6.08. The van der Waals surface area contributed by atoms with Gasteiger partial charge in [0.05, 0.1) is 13.2 Å². The molecule has 0 aromatic heterocycles. The van der Waals surface area contributed by atoms with E-state index in [4.69, 9.17) is 21.3 Å². The van der Waals surface area contributed by atoms with E-state index in [2.05, 4.69) is 5.32 Å². The number of hydrogen-bond donors (Lipinski definition) is 1. The Balaban J connectivity index is 1.74. The van der Waals surface area contributed by atoms with E-state index < -0.39 is 7.60 Å². The van der Waals surface area contributed by atoms with Crippen molar-refractivity contribution in [3.63, 3.8) is 0 Å². The van der Waals surface area contributed by atoms with Crippen molar-refractivity contribution < 1.29 is 13.6 Å². The number of benzene rings is 3. The van der Waals surface area contributed by atoms with E-state index in [0.29, 0.717) is 0 Å². The second kappa shape index (κ2) is 9.58. The van der Waals surface area contributed by atoms with Gasteiger partial charge in [-0.25, -0.2) is 0 Å². The Bertz CT molecular complexity index is 857. The summed E-state index contributed by atoms with van der Waals surface area (Å²) in [7, 11) is -3.69. The molecule has 0 atom stereocenters. The van der Waals surface area contributed by atoms with Crippen molar-refractivity contribution in [3.8, 4) is 0 Å². The zero-order valence-corrected chi connectivity index (χ0v) is 16.4. The molecule has 0 radical (unpaired) electrons. The van der Waals surface area contributed by atoms with Crippen LogP contribution in [-0.4, -0.2) is 4.73 Å². The molecule has 0 aliphatic carbocycles. The molecule has 0 amide bonds. The molecule has 0 saturated carbocycles. The van der Waals surface area contributed by atoms with Crippen molar-refractivity contribution in [1.82, 2.24) is 0 Å². The maximum absolute atomic E-state index is 13.4. The summed E-state index contributed by atoms with van der Waals surface area (Å²) in [6.07, 6.45) is 0. The molecule has 0 unspecified atom stereocenters. The monoisotopic (exact) mass is 397 g/mol. The number of rotatable bonds is 8. The van der Waals surface area contributed by atoms with Gasteiger partial charge >= 0.3 is 7.60 Å². The van der Waals surface area contributed by atoms with Gasteiger partial charge in [-0.2, -0.15) is 0 Å². The molecule has 0 aliphatic rings. The van der Waals surface area contributed by atoms with Gasteiger partial charge < -0.3 is 5.32 Å². The Hall–Kier alpha value is -2.30. The van der Waals surface area contributed by atoms with Gasteiger partial charge in [0.1, 0.15) is 0 Å². The van der Waals surface area contributed by atoms with Crippen LogP contribution in [0.5, 0.6) is 0 Å². The number of thiocarbonyl (C=S) groups is 1. The third kappa shape index (κ3) is 5.84. The number of hydrogen-bond acceptors (Lipinski definition) is 4. The summed E-state index contributed by atoms with van der Waals surface area (Å²) in [5.74, 6) is 0. The van der Waals surface area contributed by atoms with E-state index in [1.165, 1.54) is 0 Å². The normalized spacial score (nSPS) is 11.1. The predicted molar refractivity (Wildman–Crippen MR) is 113 cm³/mol. The average Bonchev–Trinajstić information content (AvgIpc) is 2.73. The lowest BCUT2D eigenvalue weighted by atomic mass is 10.2. The van der Waals surface area contributed by atoms with Gasteiger partial charge in [0.2, 0.25) is 0 Å². The van der Waals surface area contributed by atoms with Gasteiger partial charge in [-0.15, -0.1) is 0 Å². The molecule has 138 valence electrons. The lowest BCUT2D eigenvalue weighted by Crippen LogP contribution is -2.14. The number of para-hydroxylation sites is 1. The summed E-state index contributed by atoms with van der Waals surface area (Å²) in [4.78, 5) is 0. The fourth-order valence-corrected chi connectivity index (χ4v) is 3.98. The second-order valence-electron chi connectivity index (χ2n) is 5.81. The maximum atomic E-state index is 13.4. The van der Waals surface area contributed by atoms with E-state index in [-0.39, 0.29) is 17.9 Å². The van der Waals surface area contributed by atoms with E-state index in [1.54, 1.807) is 0 Å². The lowest BCUT2D eigenvalue weighted by Gasteiger charge is -2.20. The van der Waals surface area contributed by atoms with Crippen LogP contribution < -0.4 is 5.32 Å². The fraction of sp³-hybridized carbons (Fsp3) is 0.0952. The molecule has 3 aromatic rings. The van der Waals surface area contributed by atoms with Crippen LogP contribution in [0.1, 0.15) is 11.1 Å².